The number of allylic oxidation sites excluding steroid dienone is 2. The second kappa shape index (κ2) is 6.38. The zero-order chi connectivity index (χ0) is 18.7. The molecule has 0 aromatic rings. The lowest BCUT2D eigenvalue weighted by Crippen LogP contribution is -2.53. The van der Waals surface area contributed by atoms with Gasteiger partial charge in [0.15, 0.2) is 0 Å². The van der Waals surface area contributed by atoms with Gasteiger partial charge in [-0.1, -0.05) is 25.0 Å². The van der Waals surface area contributed by atoms with Crippen molar-refractivity contribution in [3.63, 3.8) is 0 Å². The van der Waals surface area contributed by atoms with Crippen LogP contribution >= 0.6 is 0 Å². The number of carbonyl (C=O) groups excluding carboxylic acids is 1. The molecule has 4 fully saturated rings. The van der Waals surface area contributed by atoms with E-state index in [2.05, 4.69) is 27.7 Å². The Morgan fingerprint density at radius 3 is 2.35 bits per heavy atom. The monoisotopic (exact) mass is 358 g/mol. The molecule has 0 aromatic heterocycles. The molecule has 2 nitrogen and oxygen atoms in total. The Bertz CT molecular complexity index is 616. The Morgan fingerprint density at radius 2 is 1.65 bits per heavy atom. The van der Waals surface area contributed by atoms with Crippen molar-refractivity contribution in [3.8, 4) is 0 Å². The Balaban J connectivity index is 1.57. The molecule has 2 heteroatoms. The zero-order valence-corrected chi connectivity index (χ0v) is 17.6. The number of carbonyl (C=O) groups is 1. The summed E-state index contributed by atoms with van der Waals surface area (Å²) in [6.07, 6.45) is 12.1. The van der Waals surface area contributed by atoms with Gasteiger partial charge in [0.1, 0.15) is 6.10 Å². The molecule has 146 valence electrons. The first-order valence-corrected chi connectivity index (χ1v) is 11.1. The summed E-state index contributed by atoms with van der Waals surface area (Å²) in [6, 6.07) is 0. The van der Waals surface area contributed by atoms with E-state index in [0.29, 0.717) is 5.41 Å². The van der Waals surface area contributed by atoms with Crippen LogP contribution in [0.25, 0.3) is 0 Å². The van der Waals surface area contributed by atoms with Crippen molar-refractivity contribution in [1.29, 1.82) is 0 Å². The second-order valence-corrected chi connectivity index (χ2v) is 10.7. The average Bonchev–Trinajstić information content (AvgIpc) is 2.90. The maximum Gasteiger partial charge on any atom is 0.302 e. The molecule has 0 amide bonds. The van der Waals surface area contributed by atoms with Crippen LogP contribution < -0.4 is 0 Å². The smallest absolute Gasteiger partial charge is 0.302 e. The second-order valence-electron chi connectivity index (χ2n) is 10.7. The van der Waals surface area contributed by atoms with E-state index in [9.17, 15) is 4.79 Å². The Morgan fingerprint density at radius 1 is 0.923 bits per heavy atom. The largest absolute Gasteiger partial charge is 0.462 e. The summed E-state index contributed by atoms with van der Waals surface area (Å²) in [5.74, 6) is 3.35. The van der Waals surface area contributed by atoms with Crippen molar-refractivity contribution >= 4 is 5.97 Å². The minimum Gasteiger partial charge on any atom is -0.462 e. The maximum atomic E-state index is 11.6. The fraction of sp³-hybridized carbons (Fsp3) is 0.875. The molecule has 0 aromatic carbocycles. The summed E-state index contributed by atoms with van der Waals surface area (Å²) in [7, 11) is 0. The van der Waals surface area contributed by atoms with Gasteiger partial charge in [0.05, 0.1) is 0 Å². The lowest BCUT2D eigenvalue weighted by atomic mass is 9.45. The SMILES string of the molecule is CC(=O)O[C@H]1CC[C@@H]2[C@@H]3CC[C@H]4CC(=C(C)C)CC[C@]4(C)[C@@H]3CC[C@]12C. The average molecular weight is 359 g/mol. The van der Waals surface area contributed by atoms with Gasteiger partial charge in [-0.15, -0.1) is 0 Å². The summed E-state index contributed by atoms with van der Waals surface area (Å²) >= 11 is 0. The number of hydrogen-bond donors (Lipinski definition) is 0. The van der Waals surface area contributed by atoms with Gasteiger partial charge in [0.2, 0.25) is 0 Å². The van der Waals surface area contributed by atoms with E-state index >= 15 is 0 Å². The molecule has 0 heterocycles. The van der Waals surface area contributed by atoms with Crippen LogP contribution in [0, 0.1) is 34.5 Å². The standard InChI is InChI=1S/C24H38O2/c1-15(2)17-10-12-23(4)18(14-17)6-7-19-20-8-9-22(26-16(3)25)24(20,5)13-11-21(19)23/h18-22H,6-14H2,1-5H3/t18-,19-,20+,21+,22-,23-,24-/m0/s1. The van der Waals surface area contributed by atoms with Gasteiger partial charge in [0.25, 0.3) is 0 Å². The summed E-state index contributed by atoms with van der Waals surface area (Å²) in [5.41, 5.74) is 4.10. The van der Waals surface area contributed by atoms with Crippen LogP contribution in [0.2, 0.25) is 0 Å². The summed E-state index contributed by atoms with van der Waals surface area (Å²) in [5, 5.41) is 0. The molecule has 0 radical (unpaired) electrons. The molecule has 4 saturated carbocycles. The normalized spacial score (nSPS) is 47.6. The first-order chi connectivity index (χ1) is 12.3. The molecule has 0 unspecified atom stereocenters. The lowest BCUT2D eigenvalue weighted by Gasteiger charge is -2.60. The van der Waals surface area contributed by atoms with E-state index in [1.807, 2.05) is 0 Å². The maximum absolute atomic E-state index is 11.6. The minimum atomic E-state index is -0.0869. The van der Waals surface area contributed by atoms with Crippen LogP contribution in [0.15, 0.2) is 11.1 Å². The number of esters is 1. The quantitative estimate of drug-likeness (QED) is 0.406. The fourth-order valence-corrected chi connectivity index (χ4v) is 7.88. The highest BCUT2D eigenvalue weighted by atomic mass is 16.5. The van der Waals surface area contributed by atoms with Crippen LogP contribution in [-0.2, 0) is 9.53 Å². The molecule has 0 spiro atoms. The highest BCUT2D eigenvalue weighted by molar-refractivity contribution is 5.66. The van der Waals surface area contributed by atoms with E-state index in [0.717, 1.165) is 30.1 Å². The number of ether oxygens (including phenoxy) is 1. The highest BCUT2D eigenvalue weighted by Crippen LogP contribution is 2.67. The summed E-state index contributed by atoms with van der Waals surface area (Å²) < 4.78 is 5.79. The predicted octanol–water partition coefficient (Wildman–Crippen LogP) is 6.30. The Labute approximate surface area is 160 Å². The van der Waals surface area contributed by atoms with Gasteiger partial charge >= 0.3 is 5.97 Å². The van der Waals surface area contributed by atoms with Crippen LogP contribution in [0.5, 0.6) is 0 Å². The van der Waals surface area contributed by atoms with Crippen molar-refractivity contribution in [2.45, 2.75) is 98.5 Å². The zero-order valence-electron chi connectivity index (χ0n) is 17.6. The van der Waals surface area contributed by atoms with Crippen molar-refractivity contribution in [3.05, 3.63) is 11.1 Å². The number of hydrogen-bond acceptors (Lipinski definition) is 2. The third kappa shape index (κ3) is 2.69. The molecule has 4 aliphatic carbocycles. The van der Waals surface area contributed by atoms with Gasteiger partial charge in [-0.25, -0.2) is 0 Å². The molecule has 7 atom stereocenters. The van der Waals surface area contributed by atoms with Crippen LogP contribution in [0.4, 0.5) is 0 Å². The highest BCUT2D eigenvalue weighted by Gasteiger charge is 2.60. The molecule has 4 aliphatic rings. The van der Waals surface area contributed by atoms with Gasteiger partial charge < -0.3 is 4.74 Å². The van der Waals surface area contributed by atoms with E-state index in [1.54, 1.807) is 18.1 Å². The van der Waals surface area contributed by atoms with E-state index < -0.39 is 0 Å². The van der Waals surface area contributed by atoms with Gasteiger partial charge in [-0.3, -0.25) is 4.79 Å². The number of rotatable bonds is 1. The van der Waals surface area contributed by atoms with Crippen LogP contribution in [0.3, 0.4) is 0 Å². The van der Waals surface area contributed by atoms with Crippen molar-refractivity contribution in [2.75, 3.05) is 0 Å². The van der Waals surface area contributed by atoms with E-state index in [4.69, 9.17) is 4.74 Å². The van der Waals surface area contributed by atoms with Gasteiger partial charge in [-0.2, -0.15) is 0 Å². The van der Waals surface area contributed by atoms with Crippen molar-refractivity contribution in [2.24, 2.45) is 34.5 Å². The van der Waals surface area contributed by atoms with Crippen LogP contribution in [0.1, 0.15) is 92.4 Å². The molecular weight excluding hydrogens is 320 g/mol. The van der Waals surface area contributed by atoms with Crippen molar-refractivity contribution < 1.29 is 9.53 Å². The third-order valence-corrected chi connectivity index (χ3v) is 9.45. The minimum absolute atomic E-state index is 0.0869. The number of fused-ring (bicyclic) bond motifs is 5. The van der Waals surface area contributed by atoms with Crippen LogP contribution in [-0.4, -0.2) is 12.1 Å². The summed E-state index contributed by atoms with van der Waals surface area (Å²) in [6.45, 7) is 11.3. The topological polar surface area (TPSA) is 26.3 Å². The lowest BCUT2D eigenvalue weighted by molar-refractivity contribution is -0.160. The Hall–Kier alpha value is -0.790. The predicted molar refractivity (Wildman–Crippen MR) is 106 cm³/mol. The van der Waals surface area contributed by atoms with E-state index in [1.165, 1.54) is 51.4 Å². The fourth-order valence-electron chi connectivity index (χ4n) is 7.88. The first-order valence-electron chi connectivity index (χ1n) is 11.1. The van der Waals surface area contributed by atoms with Gasteiger partial charge in [-0.05, 0) is 101 Å². The molecule has 4 rings (SSSR count). The molecule has 0 saturated heterocycles. The third-order valence-electron chi connectivity index (χ3n) is 9.45. The molecule has 0 bridgehead atoms. The van der Waals surface area contributed by atoms with E-state index in [-0.39, 0.29) is 17.5 Å². The molecule has 0 aliphatic heterocycles. The first kappa shape index (κ1) is 18.6. The molecular formula is C24H38O2. The summed E-state index contributed by atoms with van der Waals surface area (Å²) in [4.78, 5) is 11.6. The van der Waals surface area contributed by atoms with Crippen molar-refractivity contribution in [1.82, 2.24) is 0 Å². The Kier molecular flexibility index (Phi) is 4.56. The van der Waals surface area contributed by atoms with Gasteiger partial charge in [0, 0.05) is 12.3 Å². The molecule has 26 heavy (non-hydrogen) atoms. The molecule has 0 N–H and O–H groups in total.